The molecule has 21 heavy (non-hydrogen) atoms. The van der Waals surface area contributed by atoms with Crippen molar-refractivity contribution in [3.8, 4) is 5.75 Å². The van der Waals surface area contributed by atoms with Gasteiger partial charge in [0, 0.05) is 5.02 Å². The predicted octanol–water partition coefficient (Wildman–Crippen LogP) is 2.92. The van der Waals surface area contributed by atoms with Gasteiger partial charge in [0.05, 0.1) is 12.1 Å². The van der Waals surface area contributed by atoms with Crippen LogP contribution in [0.5, 0.6) is 5.75 Å². The summed E-state index contributed by atoms with van der Waals surface area (Å²) < 4.78 is 5.74. The molecule has 1 aliphatic carbocycles. The molecule has 1 aromatic rings. The molecule has 0 saturated heterocycles. The highest BCUT2D eigenvalue weighted by Crippen LogP contribution is 2.23. The maximum atomic E-state index is 12.4. The first-order valence-corrected chi connectivity index (χ1v) is 7.70. The van der Waals surface area contributed by atoms with Gasteiger partial charge in [-0.3, -0.25) is 4.79 Å². The first kappa shape index (κ1) is 16.1. The van der Waals surface area contributed by atoms with E-state index in [1.165, 1.54) is 0 Å². The number of amides is 1. The van der Waals surface area contributed by atoms with Gasteiger partial charge in [-0.25, -0.2) is 0 Å². The summed E-state index contributed by atoms with van der Waals surface area (Å²) in [5.74, 6) is 0.368. The molecule has 2 rings (SSSR count). The molecular formula is C16H22ClNO3. The van der Waals surface area contributed by atoms with Crippen molar-refractivity contribution in [2.75, 3.05) is 0 Å². The number of ether oxygens (including phenoxy) is 1. The fourth-order valence-electron chi connectivity index (χ4n) is 2.47. The zero-order chi connectivity index (χ0) is 15.5. The third-order valence-corrected chi connectivity index (χ3v) is 4.03. The minimum atomic E-state index is -1.01. The summed E-state index contributed by atoms with van der Waals surface area (Å²) in [5.41, 5.74) is -1.01. The third-order valence-electron chi connectivity index (χ3n) is 3.78. The second-order valence-corrected chi connectivity index (χ2v) is 6.43. The van der Waals surface area contributed by atoms with Gasteiger partial charge in [-0.15, -0.1) is 0 Å². The summed E-state index contributed by atoms with van der Waals surface area (Å²) in [4.78, 5) is 12.4. The van der Waals surface area contributed by atoms with Crippen molar-refractivity contribution in [3.63, 3.8) is 0 Å². The number of rotatable bonds is 4. The van der Waals surface area contributed by atoms with E-state index in [1.807, 2.05) is 0 Å². The summed E-state index contributed by atoms with van der Waals surface area (Å²) in [6.45, 7) is 3.43. The summed E-state index contributed by atoms with van der Waals surface area (Å²) in [7, 11) is 0. The maximum Gasteiger partial charge on any atom is 0.263 e. The average molecular weight is 312 g/mol. The SMILES string of the molecule is CC(C)(Oc1ccc(Cl)cc1)C(=O)NC1CCCCC1O. The van der Waals surface area contributed by atoms with Gasteiger partial charge in [-0.1, -0.05) is 24.4 Å². The molecule has 2 unspecified atom stereocenters. The van der Waals surface area contributed by atoms with Crippen LogP contribution in [0.3, 0.4) is 0 Å². The Labute approximate surface area is 130 Å². The van der Waals surface area contributed by atoms with Gasteiger partial charge >= 0.3 is 0 Å². The van der Waals surface area contributed by atoms with E-state index in [2.05, 4.69) is 5.32 Å². The highest BCUT2D eigenvalue weighted by atomic mass is 35.5. The second-order valence-electron chi connectivity index (χ2n) is 6.00. The third kappa shape index (κ3) is 4.35. The lowest BCUT2D eigenvalue weighted by Gasteiger charge is -2.32. The molecule has 0 bridgehead atoms. The average Bonchev–Trinajstić information content (AvgIpc) is 2.43. The van der Waals surface area contributed by atoms with Crippen molar-refractivity contribution in [1.29, 1.82) is 0 Å². The van der Waals surface area contributed by atoms with E-state index in [1.54, 1.807) is 38.1 Å². The minimum Gasteiger partial charge on any atom is -0.478 e. The number of benzene rings is 1. The zero-order valence-corrected chi connectivity index (χ0v) is 13.2. The quantitative estimate of drug-likeness (QED) is 0.899. The van der Waals surface area contributed by atoms with Crippen LogP contribution in [0.25, 0.3) is 0 Å². The molecule has 1 aromatic carbocycles. The van der Waals surface area contributed by atoms with Crippen LogP contribution in [0.2, 0.25) is 5.02 Å². The van der Waals surface area contributed by atoms with Crippen molar-refractivity contribution in [2.24, 2.45) is 0 Å². The molecule has 0 aliphatic heterocycles. The molecule has 0 radical (unpaired) electrons. The second kappa shape index (κ2) is 6.67. The fraction of sp³-hybridized carbons (Fsp3) is 0.562. The molecule has 2 N–H and O–H groups in total. The van der Waals surface area contributed by atoms with E-state index in [4.69, 9.17) is 16.3 Å². The Bertz CT molecular complexity index is 487. The molecule has 2 atom stereocenters. The molecule has 0 spiro atoms. The van der Waals surface area contributed by atoms with E-state index >= 15 is 0 Å². The predicted molar refractivity (Wildman–Crippen MR) is 82.6 cm³/mol. The van der Waals surface area contributed by atoms with Crippen molar-refractivity contribution >= 4 is 17.5 Å². The van der Waals surface area contributed by atoms with Gasteiger partial charge in [0.1, 0.15) is 5.75 Å². The van der Waals surface area contributed by atoms with Crippen LogP contribution in [0.1, 0.15) is 39.5 Å². The molecule has 116 valence electrons. The van der Waals surface area contributed by atoms with Crippen LogP contribution in [0.4, 0.5) is 0 Å². The van der Waals surface area contributed by atoms with Crippen LogP contribution in [-0.4, -0.2) is 28.8 Å². The lowest BCUT2D eigenvalue weighted by molar-refractivity contribution is -0.136. The topological polar surface area (TPSA) is 58.6 Å². The van der Waals surface area contributed by atoms with Crippen LogP contribution in [0, 0.1) is 0 Å². The van der Waals surface area contributed by atoms with Crippen molar-refractivity contribution in [2.45, 2.75) is 57.3 Å². The van der Waals surface area contributed by atoms with E-state index in [-0.39, 0.29) is 11.9 Å². The number of hydrogen-bond acceptors (Lipinski definition) is 3. The molecule has 1 fully saturated rings. The lowest BCUT2D eigenvalue weighted by atomic mass is 9.92. The number of aliphatic hydroxyl groups is 1. The van der Waals surface area contributed by atoms with Gasteiger partial charge in [-0.2, -0.15) is 0 Å². The maximum absolute atomic E-state index is 12.4. The highest BCUT2D eigenvalue weighted by molar-refractivity contribution is 6.30. The molecule has 5 heteroatoms. The van der Waals surface area contributed by atoms with E-state index in [0.717, 1.165) is 25.7 Å². The van der Waals surface area contributed by atoms with Crippen molar-refractivity contribution in [1.82, 2.24) is 5.32 Å². The molecule has 1 amide bonds. The lowest BCUT2D eigenvalue weighted by Crippen LogP contribution is -2.53. The molecule has 0 aromatic heterocycles. The van der Waals surface area contributed by atoms with Crippen LogP contribution in [-0.2, 0) is 4.79 Å². The molecule has 1 aliphatic rings. The standard InChI is InChI=1S/C16H22ClNO3/c1-16(2,21-12-9-7-11(17)8-10-12)15(20)18-13-5-3-4-6-14(13)19/h7-10,13-14,19H,3-6H2,1-2H3,(H,18,20). The smallest absolute Gasteiger partial charge is 0.263 e. The van der Waals surface area contributed by atoms with Gasteiger partial charge in [0.2, 0.25) is 0 Å². The van der Waals surface area contributed by atoms with Gasteiger partial charge in [-0.05, 0) is 51.0 Å². The minimum absolute atomic E-state index is 0.181. The van der Waals surface area contributed by atoms with E-state index < -0.39 is 11.7 Å². The monoisotopic (exact) mass is 311 g/mol. The number of halogens is 1. The number of hydrogen-bond donors (Lipinski definition) is 2. The van der Waals surface area contributed by atoms with Gasteiger partial charge in [0.25, 0.3) is 5.91 Å². The molecular weight excluding hydrogens is 290 g/mol. The molecule has 4 nitrogen and oxygen atoms in total. The number of nitrogens with one attached hydrogen (secondary N) is 1. The zero-order valence-electron chi connectivity index (χ0n) is 12.4. The largest absolute Gasteiger partial charge is 0.478 e. The molecule has 1 saturated carbocycles. The van der Waals surface area contributed by atoms with E-state index in [0.29, 0.717) is 10.8 Å². The van der Waals surface area contributed by atoms with Crippen molar-refractivity contribution in [3.05, 3.63) is 29.3 Å². The number of aliphatic hydroxyl groups excluding tert-OH is 1. The van der Waals surface area contributed by atoms with Gasteiger partial charge < -0.3 is 15.2 Å². The fourth-order valence-corrected chi connectivity index (χ4v) is 2.59. The first-order chi connectivity index (χ1) is 9.88. The Morgan fingerprint density at radius 1 is 1.29 bits per heavy atom. The summed E-state index contributed by atoms with van der Waals surface area (Å²) in [6, 6.07) is 6.71. The van der Waals surface area contributed by atoms with Crippen LogP contribution >= 0.6 is 11.6 Å². The van der Waals surface area contributed by atoms with Crippen molar-refractivity contribution < 1.29 is 14.6 Å². The Morgan fingerprint density at radius 3 is 2.52 bits per heavy atom. The molecule has 0 heterocycles. The Hall–Kier alpha value is -1.26. The normalized spacial score (nSPS) is 22.7. The summed E-state index contributed by atoms with van der Waals surface area (Å²) in [6.07, 6.45) is 3.13. The van der Waals surface area contributed by atoms with E-state index in [9.17, 15) is 9.90 Å². The summed E-state index contributed by atoms with van der Waals surface area (Å²) >= 11 is 5.83. The number of carbonyl (C=O) groups is 1. The Balaban J connectivity index is 1.97. The number of carbonyl (C=O) groups excluding carboxylic acids is 1. The summed E-state index contributed by atoms with van der Waals surface area (Å²) in [5, 5.41) is 13.5. The van der Waals surface area contributed by atoms with Crippen LogP contribution in [0.15, 0.2) is 24.3 Å². The van der Waals surface area contributed by atoms with Crippen LogP contribution < -0.4 is 10.1 Å². The Morgan fingerprint density at radius 2 is 1.90 bits per heavy atom. The Kier molecular flexibility index (Phi) is 5.12. The van der Waals surface area contributed by atoms with Gasteiger partial charge in [0.15, 0.2) is 5.60 Å². The highest BCUT2D eigenvalue weighted by Gasteiger charge is 2.34. The first-order valence-electron chi connectivity index (χ1n) is 7.32.